The molecule has 88 valence electrons. The second kappa shape index (κ2) is 7.48. The first-order chi connectivity index (χ1) is 7.65. The predicted molar refractivity (Wildman–Crippen MR) is 78.1 cm³/mol. The summed E-state index contributed by atoms with van der Waals surface area (Å²) in [6.45, 7) is 5.84. The van der Waals surface area contributed by atoms with Gasteiger partial charge in [-0.3, -0.25) is 0 Å². The van der Waals surface area contributed by atoms with Crippen molar-refractivity contribution in [3.63, 3.8) is 0 Å². The Morgan fingerprint density at radius 2 is 1.88 bits per heavy atom. The van der Waals surface area contributed by atoms with Crippen LogP contribution >= 0.6 is 47.8 Å². The summed E-state index contributed by atoms with van der Waals surface area (Å²) in [6, 6.07) is 3.91. The van der Waals surface area contributed by atoms with Crippen molar-refractivity contribution in [3.05, 3.63) is 38.2 Å². The molecule has 0 aliphatic heterocycles. The normalized spacial score (nSPS) is 10.2. The van der Waals surface area contributed by atoms with Crippen LogP contribution in [0, 0.1) is 0 Å². The summed E-state index contributed by atoms with van der Waals surface area (Å²) in [6.07, 6.45) is 1.82. The van der Waals surface area contributed by atoms with E-state index in [0.29, 0.717) is 6.61 Å². The zero-order chi connectivity index (χ0) is 12.0. The maximum absolute atomic E-state index is 5.66. The van der Waals surface area contributed by atoms with Gasteiger partial charge in [0.2, 0.25) is 0 Å². The van der Waals surface area contributed by atoms with Gasteiger partial charge >= 0.3 is 0 Å². The topological polar surface area (TPSA) is 21.3 Å². The van der Waals surface area contributed by atoms with Gasteiger partial charge in [0, 0.05) is 17.6 Å². The fraction of sp³-hybridized carbons (Fsp3) is 0.273. The van der Waals surface area contributed by atoms with E-state index in [9.17, 15) is 0 Å². The Morgan fingerprint density at radius 3 is 2.44 bits per heavy atom. The highest BCUT2D eigenvalue weighted by atomic mass is 79.9. The van der Waals surface area contributed by atoms with Crippen molar-refractivity contribution in [2.45, 2.75) is 0 Å². The molecule has 0 fully saturated rings. The van der Waals surface area contributed by atoms with Crippen LogP contribution in [0.15, 0.2) is 38.2 Å². The SMILES string of the molecule is C=CCNCCOc1c(Br)cc(Br)cc1Br. The first kappa shape index (κ1) is 14.2. The first-order valence-electron chi connectivity index (χ1n) is 4.74. The van der Waals surface area contributed by atoms with Crippen LogP contribution < -0.4 is 10.1 Å². The lowest BCUT2D eigenvalue weighted by atomic mass is 10.3. The summed E-state index contributed by atoms with van der Waals surface area (Å²) in [5.41, 5.74) is 0. The lowest BCUT2D eigenvalue weighted by molar-refractivity contribution is 0.312. The van der Waals surface area contributed by atoms with Crippen LogP contribution in [0.5, 0.6) is 5.75 Å². The summed E-state index contributed by atoms with van der Waals surface area (Å²) in [4.78, 5) is 0. The second-order valence-electron chi connectivity index (χ2n) is 3.04. The molecule has 0 atom stereocenters. The summed E-state index contributed by atoms with van der Waals surface area (Å²) in [5.74, 6) is 0.823. The lowest BCUT2D eigenvalue weighted by Crippen LogP contribution is -2.21. The molecule has 0 radical (unpaired) electrons. The smallest absolute Gasteiger partial charge is 0.147 e. The van der Waals surface area contributed by atoms with E-state index < -0.39 is 0 Å². The van der Waals surface area contributed by atoms with Gasteiger partial charge in [-0.15, -0.1) is 6.58 Å². The number of halogens is 3. The van der Waals surface area contributed by atoms with E-state index >= 15 is 0 Å². The number of hydrogen-bond donors (Lipinski definition) is 1. The number of rotatable bonds is 6. The van der Waals surface area contributed by atoms with Crippen LogP contribution in [0.3, 0.4) is 0 Å². The van der Waals surface area contributed by atoms with Crippen LogP contribution in [0.4, 0.5) is 0 Å². The van der Waals surface area contributed by atoms with Crippen molar-refractivity contribution in [3.8, 4) is 5.75 Å². The van der Waals surface area contributed by atoms with Gasteiger partial charge in [0.05, 0.1) is 8.95 Å². The van der Waals surface area contributed by atoms with Gasteiger partial charge < -0.3 is 10.1 Å². The van der Waals surface area contributed by atoms with Crippen LogP contribution in [0.2, 0.25) is 0 Å². The minimum Gasteiger partial charge on any atom is -0.490 e. The molecule has 0 aromatic heterocycles. The fourth-order valence-electron chi connectivity index (χ4n) is 1.10. The van der Waals surface area contributed by atoms with Crippen molar-refractivity contribution < 1.29 is 4.74 Å². The Kier molecular flexibility index (Phi) is 6.65. The van der Waals surface area contributed by atoms with Crippen LogP contribution in [0.1, 0.15) is 0 Å². The zero-order valence-electron chi connectivity index (χ0n) is 8.60. The number of nitrogens with one attached hydrogen (secondary N) is 1. The van der Waals surface area contributed by atoms with Crippen molar-refractivity contribution in [2.75, 3.05) is 19.7 Å². The minimum absolute atomic E-state index is 0.618. The predicted octanol–water partition coefficient (Wildman–Crippen LogP) is 4.13. The van der Waals surface area contributed by atoms with E-state index in [-0.39, 0.29) is 0 Å². The van der Waals surface area contributed by atoms with Gasteiger partial charge in [-0.1, -0.05) is 22.0 Å². The van der Waals surface area contributed by atoms with Gasteiger partial charge in [-0.2, -0.15) is 0 Å². The maximum atomic E-state index is 5.66. The Hall–Kier alpha value is 0.160. The highest BCUT2D eigenvalue weighted by Gasteiger charge is 2.07. The summed E-state index contributed by atoms with van der Waals surface area (Å²) in [5, 5.41) is 3.17. The summed E-state index contributed by atoms with van der Waals surface area (Å²) in [7, 11) is 0. The minimum atomic E-state index is 0.618. The lowest BCUT2D eigenvalue weighted by Gasteiger charge is -2.10. The van der Waals surface area contributed by atoms with E-state index in [1.807, 2.05) is 18.2 Å². The molecule has 0 aliphatic carbocycles. The third kappa shape index (κ3) is 4.57. The van der Waals surface area contributed by atoms with Gasteiger partial charge in [0.25, 0.3) is 0 Å². The van der Waals surface area contributed by atoms with E-state index in [2.05, 4.69) is 59.7 Å². The molecule has 2 nitrogen and oxygen atoms in total. The molecule has 1 aromatic rings. The maximum Gasteiger partial charge on any atom is 0.147 e. The number of ether oxygens (including phenoxy) is 1. The van der Waals surface area contributed by atoms with Crippen LogP contribution in [-0.4, -0.2) is 19.7 Å². The standard InChI is InChI=1S/C11H12Br3NO/c1-2-3-15-4-5-16-11-9(13)6-8(12)7-10(11)14/h2,6-7,15H,1,3-5H2. The Labute approximate surface area is 121 Å². The van der Waals surface area contributed by atoms with Gasteiger partial charge in [-0.25, -0.2) is 0 Å². The Balaban J connectivity index is 2.50. The van der Waals surface area contributed by atoms with E-state index in [1.165, 1.54) is 0 Å². The molecule has 1 N–H and O–H groups in total. The summed E-state index contributed by atoms with van der Waals surface area (Å²) < 4.78 is 8.52. The Bertz CT molecular complexity index is 345. The molecule has 0 aliphatic rings. The molecular formula is C11H12Br3NO. The molecule has 16 heavy (non-hydrogen) atoms. The fourth-order valence-corrected chi connectivity index (χ4v) is 3.58. The summed E-state index contributed by atoms with van der Waals surface area (Å²) >= 11 is 10.3. The Morgan fingerprint density at radius 1 is 1.25 bits per heavy atom. The second-order valence-corrected chi connectivity index (χ2v) is 5.66. The molecule has 1 aromatic carbocycles. The number of benzene rings is 1. The third-order valence-corrected chi connectivity index (χ3v) is 3.41. The molecule has 0 saturated heterocycles. The van der Waals surface area contributed by atoms with Gasteiger partial charge in [0.1, 0.15) is 12.4 Å². The molecule has 0 spiro atoms. The largest absolute Gasteiger partial charge is 0.490 e. The monoisotopic (exact) mass is 411 g/mol. The van der Waals surface area contributed by atoms with Crippen molar-refractivity contribution in [2.24, 2.45) is 0 Å². The zero-order valence-corrected chi connectivity index (χ0v) is 13.4. The molecule has 5 heteroatoms. The van der Waals surface area contributed by atoms with Gasteiger partial charge in [0.15, 0.2) is 0 Å². The molecular weight excluding hydrogens is 402 g/mol. The average molecular weight is 414 g/mol. The van der Waals surface area contributed by atoms with Crippen molar-refractivity contribution in [1.29, 1.82) is 0 Å². The molecule has 0 unspecified atom stereocenters. The van der Waals surface area contributed by atoms with Crippen molar-refractivity contribution in [1.82, 2.24) is 5.32 Å². The highest BCUT2D eigenvalue weighted by molar-refractivity contribution is 9.11. The molecule has 0 saturated carbocycles. The van der Waals surface area contributed by atoms with E-state index in [0.717, 1.165) is 32.3 Å². The van der Waals surface area contributed by atoms with Crippen LogP contribution in [-0.2, 0) is 0 Å². The van der Waals surface area contributed by atoms with Gasteiger partial charge in [-0.05, 0) is 44.0 Å². The molecule has 0 bridgehead atoms. The molecule has 0 heterocycles. The van der Waals surface area contributed by atoms with Crippen molar-refractivity contribution >= 4 is 47.8 Å². The quantitative estimate of drug-likeness (QED) is 0.559. The van der Waals surface area contributed by atoms with E-state index in [4.69, 9.17) is 4.74 Å². The molecule has 1 rings (SSSR count). The van der Waals surface area contributed by atoms with Crippen LogP contribution in [0.25, 0.3) is 0 Å². The highest BCUT2D eigenvalue weighted by Crippen LogP contribution is 2.36. The average Bonchev–Trinajstić information content (AvgIpc) is 2.20. The van der Waals surface area contributed by atoms with E-state index in [1.54, 1.807) is 0 Å². The third-order valence-electron chi connectivity index (χ3n) is 1.78. The molecule has 0 amide bonds. The first-order valence-corrected chi connectivity index (χ1v) is 7.12. The number of hydrogen-bond acceptors (Lipinski definition) is 2.